The number of hydrogen-bond donors (Lipinski definition) is 2. The molecule has 3 rings (SSSR count). The van der Waals surface area contributed by atoms with E-state index in [1.165, 1.54) is 49.6 Å². The molecule has 0 bridgehead atoms. The average Bonchev–Trinajstić information content (AvgIpc) is 2.69. The number of hydrogen-bond acceptors (Lipinski definition) is 5. The van der Waals surface area contributed by atoms with Crippen LogP contribution in [-0.2, 0) is 10.0 Å². The molecule has 0 saturated heterocycles. The summed E-state index contributed by atoms with van der Waals surface area (Å²) in [5.41, 5.74) is 0.411. The van der Waals surface area contributed by atoms with Gasteiger partial charge in [-0.1, -0.05) is 29.3 Å². The van der Waals surface area contributed by atoms with Gasteiger partial charge in [-0.2, -0.15) is 0 Å². The number of carbonyl (C=O) groups excluding carboxylic acids is 1. The number of anilines is 1. The molecule has 156 valence electrons. The lowest BCUT2D eigenvalue weighted by Crippen LogP contribution is -2.15. The standard InChI is InChI=1S/C20H16Cl2N2O5S/c1-28-19-10-13(22)6-8-17(19)29-18-9-12(21)5-7-16(18)20(25)24-14-3-2-4-15(11-14)30(23,26)27/h2-11H,1H3,(H,24,25)(H2,23,26,27). The molecule has 7 nitrogen and oxygen atoms in total. The number of amides is 1. The number of benzene rings is 3. The van der Waals surface area contributed by atoms with E-state index in [0.29, 0.717) is 21.5 Å². The highest BCUT2D eigenvalue weighted by molar-refractivity contribution is 7.89. The summed E-state index contributed by atoms with van der Waals surface area (Å²) in [7, 11) is -2.45. The van der Waals surface area contributed by atoms with Gasteiger partial charge in [0, 0.05) is 27.9 Å². The molecular weight excluding hydrogens is 451 g/mol. The van der Waals surface area contributed by atoms with E-state index in [9.17, 15) is 13.2 Å². The van der Waals surface area contributed by atoms with Crippen molar-refractivity contribution in [3.05, 3.63) is 76.3 Å². The second-order valence-corrected chi connectivity index (χ2v) is 8.50. The van der Waals surface area contributed by atoms with Crippen LogP contribution in [0.4, 0.5) is 5.69 Å². The molecule has 0 radical (unpaired) electrons. The maximum Gasteiger partial charge on any atom is 0.259 e. The third-order valence-corrected chi connectivity index (χ3v) is 5.34. The molecule has 0 heterocycles. The summed E-state index contributed by atoms with van der Waals surface area (Å²) in [6.07, 6.45) is 0. The lowest BCUT2D eigenvalue weighted by Gasteiger charge is -2.14. The van der Waals surface area contributed by atoms with Gasteiger partial charge < -0.3 is 14.8 Å². The summed E-state index contributed by atoms with van der Waals surface area (Å²) in [5, 5.41) is 8.56. The Morgan fingerprint density at radius 3 is 2.27 bits per heavy atom. The van der Waals surface area contributed by atoms with E-state index in [4.69, 9.17) is 37.8 Å². The summed E-state index contributed by atoms with van der Waals surface area (Å²) in [4.78, 5) is 12.7. The Labute approximate surface area is 183 Å². The van der Waals surface area contributed by atoms with Gasteiger partial charge in [0.05, 0.1) is 17.6 Å². The van der Waals surface area contributed by atoms with E-state index >= 15 is 0 Å². The SMILES string of the molecule is COc1cc(Cl)ccc1Oc1cc(Cl)ccc1C(=O)Nc1cccc(S(N)(=O)=O)c1. The number of sulfonamides is 1. The van der Waals surface area contributed by atoms with Gasteiger partial charge in [-0.15, -0.1) is 0 Å². The highest BCUT2D eigenvalue weighted by atomic mass is 35.5. The number of rotatable bonds is 6. The molecule has 0 aromatic heterocycles. The Hall–Kier alpha value is -2.78. The lowest BCUT2D eigenvalue weighted by molar-refractivity contribution is 0.102. The Kier molecular flexibility index (Phi) is 6.52. The van der Waals surface area contributed by atoms with Crippen LogP contribution in [0.25, 0.3) is 0 Å². The van der Waals surface area contributed by atoms with E-state index in [1.807, 2.05) is 0 Å². The molecule has 0 spiro atoms. The molecule has 0 aliphatic heterocycles. The smallest absolute Gasteiger partial charge is 0.259 e. The van der Waals surface area contributed by atoms with Crippen LogP contribution in [0.1, 0.15) is 10.4 Å². The van der Waals surface area contributed by atoms with Gasteiger partial charge in [-0.05, 0) is 42.5 Å². The molecule has 0 saturated carbocycles. The monoisotopic (exact) mass is 466 g/mol. The highest BCUT2D eigenvalue weighted by Gasteiger charge is 2.17. The first-order valence-corrected chi connectivity index (χ1v) is 10.7. The molecule has 3 aromatic carbocycles. The molecule has 3 N–H and O–H groups in total. The number of nitrogens with two attached hydrogens (primary N) is 1. The average molecular weight is 467 g/mol. The van der Waals surface area contributed by atoms with Crippen LogP contribution in [0.3, 0.4) is 0 Å². The third kappa shape index (κ3) is 5.22. The molecule has 10 heteroatoms. The van der Waals surface area contributed by atoms with Crippen molar-refractivity contribution in [3.8, 4) is 17.2 Å². The zero-order chi connectivity index (χ0) is 21.9. The van der Waals surface area contributed by atoms with Gasteiger partial charge in [0.2, 0.25) is 10.0 Å². The van der Waals surface area contributed by atoms with E-state index in [2.05, 4.69) is 5.32 Å². The Balaban J connectivity index is 1.93. The van der Waals surface area contributed by atoms with E-state index in [1.54, 1.807) is 18.2 Å². The normalized spacial score (nSPS) is 11.1. The van der Waals surface area contributed by atoms with Crippen molar-refractivity contribution >= 4 is 44.8 Å². The third-order valence-electron chi connectivity index (χ3n) is 3.95. The van der Waals surface area contributed by atoms with Crippen LogP contribution in [0.15, 0.2) is 65.6 Å². The molecule has 0 atom stereocenters. The fourth-order valence-corrected chi connectivity index (χ4v) is 3.45. The van der Waals surface area contributed by atoms with E-state index in [-0.39, 0.29) is 21.9 Å². The van der Waals surface area contributed by atoms with Crippen LogP contribution >= 0.6 is 23.2 Å². The predicted molar refractivity (Wildman–Crippen MR) is 115 cm³/mol. The zero-order valence-corrected chi connectivity index (χ0v) is 17.9. The molecule has 30 heavy (non-hydrogen) atoms. The minimum absolute atomic E-state index is 0.126. The fourth-order valence-electron chi connectivity index (χ4n) is 2.56. The van der Waals surface area contributed by atoms with Crippen LogP contribution in [0, 0.1) is 0 Å². The van der Waals surface area contributed by atoms with Crippen molar-refractivity contribution in [2.24, 2.45) is 5.14 Å². The first-order valence-electron chi connectivity index (χ1n) is 8.42. The van der Waals surface area contributed by atoms with Crippen LogP contribution in [-0.4, -0.2) is 21.4 Å². The van der Waals surface area contributed by atoms with Crippen molar-refractivity contribution in [2.45, 2.75) is 4.90 Å². The first-order chi connectivity index (χ1) is 14.2. The highest BCUT2D eigenvalue weighted by Crippen LogP contribution is 2.36. The molecule has 0 unspecified atom stereocenters. The van der Waals surface area contributed by atoms with Gasteiger partial charge >= 0.3 is 0 Å². The van der Waals surface area contributed by atoms with Gasteiger partial charge in [-0.25, -0.2) is 13.6 Å². The zero-order valence-electron chi connectivity index (χ0n) is 15.6. The molecule has 0 aliphatic carbocycles. The number of primary sulfonamides is 1. The number of ether oxygens (including phenoxy) is 2. The summed E-state index contributed by atoms with van der Waals surface area (Å²) in [6, 6.07) is 14.9. The quantitative estimate of drug-likeness (QED) is 0.547. The van der Waals surface area contributed by atoms with Crippen LogP contribution < -0.4 is 19.9 Å². The van der Waals surface area contributed by atoms with E-state index in [0.717, 1.165) is 0 Å². The van der Waals surface area contributed by atoms with Crippen molar-refractivity contribution in [2.75, 3.05) is 12.4 Å². The Morgan fingerprint density at radius 1 is 0.933 bits per heavy atom. The maximum atomic E-state index is 12.8. The van der Waals surface area contributed by atoms with Crippen molar-refractivity contribution < 1.29 is 22.7 Å². The minimum atomic E-state index is -3.91. The second kappa shape index (κ2) is 8.93. The minimum Gasteiger partial charge on any atom is -0.493 e. The van der Waals surface area contributed by atoms with Crippen LogP contribution in [0.5, 0.6) is 17.2 Å². The first kappa shape index (κ1) is 21.9. The van der Waals surface area contributed by atoms with Gasteiger partial charge in [0.25, 0.3) is 5.91 Å². The second-order valence-electron chi connectivity index (χ2n) is 6.06. The van der Waals surface area contributed by atoms with Gasteiger partial charge in [-0.3, -0.25) is 4.79 Å². The Morgan fingerprint density at radius 2 is 1.60 bits per heavy atom. The topological polar surface area (TPSA) is 108 Å². The number of carbonyl (C=O) groups is 1. The van der Waals surface area contributed by atoms with Crippen molar-refractivity contribution in [3.63, 3.8) is 0 Å². The van der Waals surface area contributed by atoms with Crippen molar-refractivity contribution in [1.29, 1.82) is 0 Å². The largest absolute Gasteiger partial charge is 0.493 e. The molecule has 0 fully saturated rings. The van der Waals surface area contributed by atoms with Crippen LogP contribution in [0.2, 0.25) is 10.0 Å². The maximum absolute atomic E-state index is 12.8. The molecule has 1 amide bonds. The number of nitrogens with one attached hydrogen (secondary N) is 1. The molecular formula is C20H16Cl2N2O5S. The van der Waals surface area contributed by atoms with E-state index < -0.39 is 15.9 Å². The summed E-state index contributed by atoms with van der Waals surface area (Å²) in [5.74, 6) is 0.327. The lowest BCUT2D eigenvalue weighted by atomic mass is 10.1. The summed E-state index contributed by atoms with van der Waals surface area (Å²) in [6.45, 7) is 0. The fraction of sp³-hybridized carbons (Fsp3) is 0.0500. The number of methoxy groups -OCH3 is 1. The summed E-state index contributed by atoms with van der Waals surface area (Å²) >= 11 is 12.0. The van der Waals surface area contributed by atoms with Crippen molar-refractivity contribution in [1.82, 2.24) is 0 Å². The predicted octanol–water partition coefficient (Wildman–Crippen LogP) is 4.69. The van der Waals surface area contributed by atoms with Gasteiger partial charge in [0.15, 0.2) is 11.5 Å². The summed E-state index contributed by atoms with van der Waals surface area (Å²) < 4.78 is 34.2. The molecule has 3 aromatic rings. The Bertz CT molecular complexity index is 1220. The molecule has 0 aliphatic rings. The number of halogens is 2. The van der Waals surface area contributed by atoms with Gasteiger partial charge in [0.1, 0.15) is 5.75 Å².